The van der Waals surface area contributed by atoms with E-state index in [4.69, 9.17) is 11.6 Å². The van der Waals surface area contributed by atoms with Crippen LogP contribution in [-0.4, -0.2) is 34.1 Å². The third kappa shape index (κ3) is 4.60. The monoisotopic (exact) mass is 415 g/mol. The van der Waals surface area contributed by atoms with E-state index in [1.54, 1.807) is 24.3 Å². The second-order valence-corrected chi connectivity index (χ2v) is 7.02. The third-order valence-corrected chi connectivity index (χ3v) is 4.80. The van der Waals surface area contributed by atoms with Crippen LogP contribution in [0.4, 0.5) is 11.4 Å². The van der Waals surface area contributed by atoms with Gasteiger partial charge in [-0.3, -0.25) is 29.4 Å². The topological polar surface area (TPSA) is 110 Å². The molecule has 9 heteroatoms. The van der Waals surface area contributed by atoms with Gasteiger partial charge in [0.05, 0.1) is 10.5 Å². The summed E-state index contributed by atoms with van der Waals surface area (Å²) >= 11 is 5.87. The van der Waals surface area contributed by atoms with Gasteiger partial charge in [-0.05, 0) is 37.1 Å². The van der Waals surface area contributed by atoms with Crippen molar-refractivity contribution in [1.29, 1.82) is 0 Å². The van der Waals surface area contributed by atoms with Gasteiger partial charge >= 0.3 is 0 Å². The van der Waals surface area contributed by atoms with Gasteiger partial charge in [0.15, 0.2) is 0 Å². The molecule has 1 N–H and O–H groups in total. The van der Waals surface area contributed by atoms with Crippen LogP contribution >= 0.6 is 11.6 Å². The molecule has 1 aliphatic rings. The summed E-state index contributed by atoms with van der Waals surface area (Å²) < 4.78 is 0. The number of nitro benzene ring substituents is 1. The van der Waals surface area contributed by atoms with E-state index >= 15 is 0 Å². The number of carbonyl (C=O) groups excluding carboxylic acids is 3. The Morgan fingerprint density at radius 2 is 1.83 bits per heavy atom. The molecule has 150 valence electrons. The van der Waals surface area contributed by atoms with E-state index in [0.717, 1.165) is 4.90 Å². The average molecular weight is 416 g/mol. The van der Waals surface area contributed by atoms with Crippen molar-refractivity contribution in [2.45, 2.75) is 25.7 Å². The summed E-state index contributed by atoms with van der Waals surface area (Å²) in [4.78, 5) is 48.3. The molecule has 0 saturated heterocycles. The minimum absolute atomic E-state index is 0.0603. The third-order valence-electron chi connectivity index (χ3n) is 4.57. The molecule has 0 fully saturated rings. The zero-order valence-corrected chi connectivity index (χ0v) is 16.1. The first kappa shape index (κ1) is 20.5. The molecule has 29 heavy (non-hydrogen) atoms. The lowest BCUT2D eigenvalue weighted by molar-refractivity contribution is -0.385. The predicted octanol–water partition coefficient (Wildman–Crippen LogP) is 4.04. The fourth-order valence-electron chi connectivity index (χ4n) is 3.19. The van der Waals surface area contributed by atoms with Crippen LogP contribution in [0, 0.1) is 10.1 Å². The number of hydrogen-bond donors (Lipinski definition) is 1. The second kappa shape index (κ2) is 8.83. The lowest BCUT2D eigenvalue weighted by Gasteiger charge is -2.13. The highest BCUT2D eigenvalue weighted by molar-refractivity contribution is 6.30. The molecule has 3 amide bonds. The number of anilines is 1. The zero-order chi connectivity index (χ0) is 21.0. The largest absolute Gasteiger partial charge is 0.326 e. The fourth-order valence-corrected chi connectivity index (χ4v) is 3.38. The fraction of sp³-hybridized carbons (Fsp3) is 0.250. The van der Waals surface area contributed by atoms with Crippen molar-refractivity contribution < 1.29 is 19.3 Å². The highest BCUT2D eigenvalue weighted by atomic mass is 35.5. The first-order valence-corrected chi connectivity index (χ1v) is 9.45. The molecule has 8 nitrogen and oxygen atoms in total. The van der Waals surface area contributed by atoms with Crippen LogP contribution in [0.1, 0.15) is 46.4 Å². The van der Waals surface area contributed by atoms with Gasteiger partial charge in [-0.1, -0.05) is 30.2 Å². The van der Waals surface area contributed by atoms with Crippen LogP contribution in [0.2, 0.25) is 5.02 Å². The van der Waals surface area contributed by atoms with Crippen molar-refractivity contribution >= 4 is 40.7 Å². The van der Waals surface area contributed by atoms with Crippen molar-refractivity contribution in [2.75, 3.05) is 11.9 Å². The first-order valence-electron chi connectivity index (χ1n) is 9.07. The number of benzene rings is 2. The van der Waals surface area contributed by atoms with E-state index < -0.39 is 16.7 Å². The molecular weight excluding hydrogens is 398 g/mol. The second-order valence-electron chi connectivity index (χ2n) is 6.59. The molecule has 0 aliphatic carbocycles. The number of fused-ring (bicyclic) bond motifs is 1. The van der Waals surface area contributed by atoms with E-state index in [1.807, 2.05) is 0 Å². The highest BCUT2D eigenvalue weighted by Crippen LogP contribution is 2.30. The molecule has 0 bridgehead atoms. The Kier molecular flexibility index (Phi) is 6.23. The summed E-state index contributed by atoms with van der Waals surface area (Å²) in [6.45, 7) is 0.152. The van der Waals surface area contributed by atoms with Crippen molar-refractivity contribution in [3.05, 3.63) is 68.7 Å². The summed E-state index contributed by atoms with van der Waals surface area (Å²) in [6, 6.07) is 10.9. The smallest absolute Gasteiger partial charge is 0.282 e. The Morgan fingerprint density at radius 3 is 2.55 bits per heavy atom. The molecule has 0 atom stereocenters. The number of hydrogen-bond acceptors (Lipinski definition) is 5. The van der Waals surface area contributed by atoms with Gasteiger partial charge in [0, 0.05) is 29.7 Å². The molecule has 0 unspecified atom stereocenters. The van der Waals surface area contributed by atoms with Crippen molar-refractivity contribution in [3.8, 4) is 0 Å². The number of rotatable bonds is 8. The quantitative estimate of drug-likeness (QED) is 0.303. The van der Waals surface area contributed by atoms with Crippen LogP contribution in [0.25, 0.3) is 0 Å². The molecule has 0 saturated carbocycles. The van der Waals surface area contributed by atoms with E-state index in [0.29, 0.717) is 36.4 Å². The normalized spacial score (nSPS) is 12.8. The van der Waals surface area contributed by atoms with Crippen LogP contribution in [0.3, 0.4) is 0 Å². The Balaban J connectivity index is 1.47. The molecule has 3 rings (SSSR count). The number of carbonyl (C=O) groups is 3. The molecule has 0 radical (unpaired) electrons. The minimum Gasteiger partial charge on any atom is -0.326 e. The molecule has 0 spiro atoms. The van der Waals surface area contributed by atoms with E-state index in [1.165, 1.54) is 18.2 Å². The Morgan fingerprint density at radius 1 is 1.07 bits per heavy atom. The van der Waals surface area contributed by atoms with Crippen LogP contribution in [0.15, 0.2) is 42.5 Å². The molecular formula is C20H18ClN3O5. The number of nitrogens with zero attached hydrogens (tertiary/aromatic N) is 2. The van der Waals surface area contributed by atoms with Gasteiger partial charge in [0.25, 0.3) is 17.5 Å². The van der Waals surface area contributed by atoms with Crippen molar-refractivity contribution in [2.24, 2.45) is 0 Å². The lowest BCUT2D eigenvalue weighted by atomic mass is 10.1. The lowest BCUT2D eigenvalue weighted by Crippen LogP contribution is -2.30. The summed E-state index contributed by atoms with van der Waals surface area (Å²) in [5.41, 5.74) is 0.171. The van der Waals surface area contributed by atoms with Crippen molar-refractivity contribution in [1.82, 2.24) is 4.90 Å². The first-order chi connectivity index (χ1) is 13.9. The highest BCUT2D eigenvalue weighted by Gasteiger charge is 2.40. The molecule has 0 aromatic heterocycles. The summed E-state index contributed by atoms with van der Waals surface area (Å²) in [5.74, 6) is -1.31. The SMILES string of the molecule is O=C(CCCCCN1C(=O)c2cccc([N+](=O)[O-])c2C1=O)Nc1cccc(Cl)c1. The van der Waals surface area contributed by atoms with Crippen LogP contribution < -0.4 is 5.32 Å². The predicted molar refractivity (Wildman–Crippen MR) is 107 cm³/mol. The molecule has 1 aliphatic heterocycles. The summed E-state index contributed by atoms with van der Waals surface area (Å²) in [5, 5.41) is 14.4. The molecule has 2 aromatic rings. The zero-order valence-electron chi connectivity index (χ0n) is 15.4. The molecule has 2 aromatic carbocycles. The summed E-state index contributed by atoms with van der Waals surface area (Å²) in [6.07, 6.45) is 2.00. The Labute approximate surface area is 171 Å². The van der Waals surface area contributed by atoms with Gasteiger partial charge in [-0.2, -0.15) is 0 Å². The van der Waals surface area contributed by atoms with E-state index in [9.17, 15) is 24.5 Å². The maximum atomic E-state index is 12.5. The van der Waals surface area contributed by atoms with Crippen LogP contribution in [0.5, 0.6) is 0 Å². The van der Waals surface area contributed by atoms with Gasteiger partial charge < -0.3 is 5.32 Å². The number of halogens is 1. The Hall–Kier alpha value is -3.26. The number of amides is 3. The summed E-state index contributed by atoms with van der Waals surface area (Å²) in [7, 11) is 0. The van der Waals surface area contributed by atoms with Gasteiger partial charge in [0.2, 0.25) is 5.91 Å². The van der Waals surface area contributed by atoms with Crippen LogP contribution in [-0.2, 0) is 4.79 Å². The van der Waals surface area contributed by atoms with Gasteiger partial charge in [-0.15, -0.1) is 0 Å². The number of imide groups is 1. The Bertz CT molecular complexity index is 992. The van der Waals surface area contributed by atoms with E-state index in [2.05, 4.69) is 5.32 Å². The van der Waals surface area contributed by atoms with E-state index in [-0.39, 0.29) is 29.3 Å². The maximum Gasteiger partial charge on any atom is 0.282 e. The number of nitrogens with one attached hydrogen (secondary N) is 1. The van der Waals surface area contributed by atoms with Crippen molar-refractivity contribution in [3.63, 3.8) is 0 Å². The minimum atomic E-state index is -0.661. The van der Waals surface area contributed by atoms with Gasteiger partial charge in [-0.25, -0.2) is 0 Å². The van der Waals surface area contributed by atoms with Gasteiger partial charge in [0.1, 0.15) is 5.56 Å². The number of unbranched alkanes of at least 4 members (excludes halogenated alkanes) is 2. The average Bonchev–Trinajstić information content (AvgIpc) is 2.92. The maximum absolute atomic E-state index is 12.5. The molecule has 1 heterocycles. The number of nitro groups is 1. The standard InChI is InChI=1S/C20H18ClN3O5/c21-13-6-4-7-14(12-13)22-17(25)10-2-1-3-11-23-19(26)15-8-5-9-16(24(28)29)18(15)20(23)27/h4-9,12H,1-3,10-11H2,(H,22,25).